The van der Waals surface area contributed by atoms with E-state index in [1.165, 1.54) is 25.7 Å². The molecule has 1 aliphatic heterocycles. The quantitative estimate of drug-likeness (QED) is 0.474. The van der Waals surface area contributed by atoms with Gasteiger partial charge < -0.3 is 15.0 Å². The molecule has 2 atom stereocenters. The summed E-state index contributed by atoms with van der Waals surface area (Å²) in [6.45, 7) is 7.17. The Morgan fingerprint density at radius 1 is 1.00 bits per heavy atom. The Bertz CT molecular complexity index is 805. The van der Waals surface area contributed by atoms with E-state index in [4.69, 9.17) is 4.74 Å². The zero-order valence-electron chi connectivity index (χ0n) is 18.0. The number of hydrogen-bond acceptors (Lipinski definition) is 3. The number of benzene rings is 2. The molecule has 0 aromatic heterocycles. The second-order valence-electron chi connectivity index (χ2n) is 7.86. The number of ether oxygens (including phenoxy) is 1. The van der Waals surface area contributed by atoms with Gasteiger partial charge in [-0.2, -0.15) is 0 Å². The van der Waals surface area contributed by atoms with E-state index >= 15 is 0 Å². The van der Waals surface area contributed by atoms with E-state index in [2.05, 4.69) is 32.2 Å². The zero-order chi connectivity index (χ0) is 20.6. The molecule has 0 aliphatic carbocycles. The molecule has 2 unspecified atom stereocenters. The molecule has 1 N–H and O–H groups in total. The van der Waals surface area contributed by atoms with Crippen LogP contribution >= 0.6 is 0 Å². The van der Waals surface area contributed by atoms with E-state index in [0.717, 1.165) is 35.4 Å². The smallest absolute Gasteiger partial charge is 0.258 e. The second kappa shape index (κ2) is 10.3. The maximum Gasteiger partial charge on any atom is 0.258 e. The summed E-state index contributed by atoms with van der Waals surface area (Å²) >= 11 is 0. The van der Waals surface area contributed by atoms with Crippen LogP contribution in [0, 0.1) is 0 Å². The molecule has 0 radical (unpaired) electrons. The molecule has 4 heteroatoms. The normalized spacial score (nSPS) is 16.9. The molecule has 0 fully saturated rings. The van der Waals surface area contributed by atoms with Crippen LogP contribution in [0.3, 0.4) is 0 Å². The zero-order valence-corrected chi connectivity index (χ0v) is 18.0. The summed E-state index contributed by atoms with van der Waals surface area (Å²) < 4.78 is 6.18. The molecular formula is C25H34N2O2. The number of nitrogens with zero attached hydrogens (tertiary/aromatic N) is 1. The molecule has 0 spiro atoms. The Kier molecular flexibility index (Phi) is 7.56. The summed E-state index contributed by atoms with van der Waals surface area (Å²) in [5.41, 5.74) is 2.64. The van der Waals surface area contributed by atoms with Gasteiger partial charge in [0.15, 0.2) is 0 Å². The Morgan fingerprint density at radius 2 is 1.72 bits per heavy atom. The Balaban J connectivity index is 1.83. The van der Waals surface area contributed by atoms with Crippen LogP contribution in [0.25, 0.3) is 0 Å². The standard InChI is InChI=1S/C25H34N2O2/c1-4-6-7-8-13-18-29-23-17-12-10-15-21(23)24-26-22-16-11-9-14-20(22)25(28)27(24)19(3)5-2/h9-12,14-17,19,24,26H,4-8,13,18H2,1-3H3. The SMILES string of the molecule is CCCCCCCOc1ccccc1C1Nc2ccccc2C(=O)N1C(C)CC. The highest BCUT2D eigenvalue weighted by atomic mass is 16.5. The maximum absolute atomic E-state index is 13.3. The van der Waals surface area contributed by atoms with Crippen LogP contribution in [-0.4, -0.2) is 23.5 Å². The van der Waals surface area contributed by atoms with Gasteiger partial charge in [0.1, 0.15) is 11.9 Å². The number of carbonyl (C=O) groups excluding carboxylic acids is 1. The fraction of sp³-hybridized carbons (Fsp3) is 0.480. The van der Waals surface area contributed by atoms with Gasteiger partial charge in [-0.15, -0.1) is 0 Å². The fourth-order valence-electron chi connectivity index (χ4n) is 3.87. The summed E-state index contributed by atoms with van der Waals surface area (Å²) in [7, 11) is 0. The van der Waals surface area contributed by atoms with Crippen molar-refractivity contribution in [1.82, 2.24) is 4.90 Å². The molecule has 0 bridgehead atoms. The van der Waals surface area contributed by atoms with Crippen molar-refractivity contribution in [2.75, 3.05) is 11.9 Å². The highest BCUT2D eigenvalue weighted by Gasteiger charge is 2.36. The average Bonchev–Trinajstić information content (AvgIpc) is 2.76. The number of para-hydroxylation sites is 2. The Labute approximate surface area is 175 Å². The first-order valence-corrected chi connectivity index (χ1v) is 11.1. The van der Waals surface area contributed by atoms with Crippen molar-refractivity contribution in [3.63, 3.8) is 0 Å². The van der Waals surface area contributed by atoms with E-state index in [1.807, 2.05) is 47.4 Å². The number of anilines is 1. The van der Waals surface area contributed by atoms with Gasteiger partial charge >= 0.3 is 0 Å². The number of fused-ring (bicyclic) bond motifs is 1. The van der Waals surface area contributed by atoms with Crippen LogP contribution in [0.4, 0.5) is 5.69 Å². The molecule has 1 heterocycles. The lowest BCUT2D eigenvalue weighted by molar-refractivity contribution is 0.0590. The molecule has 0 saturated carbocycles. The lowest BCUT2D eigenvalue weighted by atomic mass is 10.00. The molecular weight excluding hydrogens is 360 g/mol. The van der Waals surface area contributed by atoms with Crippen LogP contribution in [0.2, 0.25) is 0 Å². The van der Waals surface area contributed by atoms with E-state index in [9.17, 15) is 4.79 Å². The number of amides is 1. The Morgan fingerprint density at radius 3 is 2.52 bits per heavy atom. The Hall–Kier alpha value is -2.49. The monoisotopic (exact) mass is 394 g/mol. The van der Waals surface area contributed by atoms with Crippen molar-refractivity contribution in [3.8, 4) is 5.75 Å². The molecule has 156 valence electrons. The van der Waals surface area contributed by atoms with Gasteiger partial charge in [0.05, 0.1) is 12.2 Å². The summed E-state index contributed by atoms with van der Waals surface area (Å²) in [6, 6.07) is 16.0. The van der Waals surface area contributed by atoms with Gasteiger partial charge in [0.25, 0.3) is 5.91 Å². The molecule has 3 rings (SSSR count). The first kappa shape index (κ1) is 21.2. The molecule has 29 heavy (non-hydrogen) atoms. The molecule has 2 aromatic rings. The van der Waals surface area contributed by atoms with E-state index in [1.54, 1.807) is 0 Å². The molecule has 1 amide bonds. The van der Waals surface area contributed by atoms with E-state index in [-0.39, 0.29) is 18.1 Å². The first-order valence-electron chi connectivity index (χ1n) is 11.1. The van der Waals surface area contributed by atoms with E-state index < -0.39 is 0 Å². The largest absolute Gasteiger partial charge is 0.493 e. The van der Waals surface area contributed by atoms with Crippen molar-refractivity contribution < 1.29 is 9.53 Å². The summed E-state index contributed by atoms with van der Waals surface area (Å²) in [6.07, 6.45) is 6.71. The van der Waals surface area contributed by atoms with Crippen molar-refractivity contribution in [1.29, 1.82) is 0 Å². The maximum atomic E-state index is 13.3. The van der Waals surface area contributed by atoms with Gasteiger partial charge in [0.2, 0.25) is 0 Å². The van der Waals surface area contributed by atoms with Gasteiger partial charge in [-0.1, -0.05) is 69.9 Å². The lowest BCUT2D eigenvalue weighted by Crippen LogP contribution is -2.47. The number of hydrogen-bond donors (Lipinski definition) is 1. The van der Waals surface area contributed by atoms with Crippen LogP contribution in [0.5, 0.6) is 5.75 Å². The minimum Gasteiger partial charge on any atom is -0.493 e. The first-order chi connectivity index (χ1) is 14.2. The van der Waals surface area contributed by atoms with Gasteiger partial charge in [-0.05, 0) is 38.0 Å². The minimum absolute atomic E-state index is 0.0769. The molecule has 0 saturated heterocycles. The van der Waals surface area contributed by atoms with Crippen LogP contribution in [0.15, 0.2) is 48.5 Å². The lowest BCUT2D eigenvalue weighted by Gasteiger charge is -2.42. The summed E-state index contributed by atoms with van der Waals surface area (Å²) in [4.78, 5) is 15.3. The van der Waals surface area contributed by atoms with Crippen molar-refractivity contribution >= 4 is 11.6 Å². The van der Waals surface area contributed by atoms with Gasteiger partial charge in [-0.25, -0.2) is 0 Å². The third-order valence-corrected chi connectivity index (χ3v) is 5.75. The third kappa shape index (κ3) is 4.92. The summed E-state index contributed by atoms with van der Waals surface area (Å²) in [5.74, 6) is 0.939. The molecule has 4 nitrogen and oxygen atoms in total. The number of unbranched alkanes of at least 4 members (excludes halogenated alkanes) is 4. The van der Waals surface area contributed by atoms with E-state index in [0.29, 0.717) is 6.61 Å². The second-order valence-corrected chi connectivity index (χ2v) is 7.86. The predicted octanol–water partition coefficient (Wildman–Crippen LogP) is 6.40. The van der Waals surface area contributed by atoms with Crippen molar-refractivity contribution in [3.05, 3.63) is 59.7 Å². The predicted molar refractivity (Wildman–Crippen MR) is 119 cm³/mol. The van der Waals surface area contributed by atoms with Gasteiger partial charge in [-0.3, -0.25) is 4.79 Å². The van der Waals surface area contributed by atoms with Crippen LogP contribution < -0.4 is 10.1 Å². The van der Waals surface area contributed by atoms with Crippen LogP contribution in [0.1, 0.15) is 81.4 Å². The number of carbonyl (C=O) groups is 1. The van der Waals surface area contributed by atoms with Gasteiger partial charge in [0, 0.05) is 17.3 Å². The molecule has 2 aromatic carbocycles. The highest BCUT2D eigenvalue weighted by Crippen LogP contribution is 2.38. The average molecular weight is 395 g/mol. The summed E-state index contributed by atoms with van der Waals surface area (Å²) in [5, 5.41) is 3.59. The van der Waals surface area contributed by atoms with Crippen LogP contribution in [-0.2, 0) is 0 Å². The molecule has 1 aliphatic rings. The number of nitrogens with one attached hydrogen (secondary N) is 1. The topological polar surface area (TPSA) is 41.6 Å². The highest BCUT2D eigenvalue weighted by molar-refractivity contribution is 6.02. The fourth-order valence-corrected chi connectivity index (χ4v) is 3.87. The van der Waals surface area contributed by atoms with Crippen molar-refractivity contribution in [2.45, 2.75) is 71.5 Å². The minimum atomic E-state index is -0.233. The third-order valence-electron chi connectivity index (χ3n) is 5.75. The van der Waals surface area contributed by atoms with Crippen molar-refractivity contribution in [2.24, 2.45) is 0 Å². The number of rotatable bonds is 10.